The molecule has 0 N–H and O–H groups in total. The lowest BCUT2D eigenvalue weighted by atomic mass is 10.4. The summed E-state index contributed by atoms with van der Waals surface area (Å²) in [6.07, 6.45) is 1.75. The van der Waals surface area contributed by atoms with E-state index in [1.807, 2.05) is 41.1 Å². The van der Waals surface area contributed by atoms with Crippen LogP contribution in [0.3, 0.4) is 0 Å². The molecule has 96 valence electrons. The van der Waals surface area contributed by atoms with Crippen LogP contribution in [-0.2, 0) is 16.6 Å². The molecule has 0 aliphatic carbocycles. The van der Waals surface area contributed by atoms with Crippen LogP contribution in [0.5, 0.6) is 0 Å². The minimum absolute atomic E-state index is 0.462. The predicted octanol–water partition coefficient (Wildman–Crippen LogP) is 3.57. The molecule has 0 aliphatic heterocycles. The average Bonchev–Trinajstić information content (AvgIpc) is 3.11. The molecule has 0 saturated heterocycles. The third kappa shape index (κ3) is 2.97. The second kappa shape index (κ2) is 5.73. The zero-order valence-electron chi connectivity index (χ0n) is 9.85. The summed E-state index contributed by atoms with van der Waals surface area (Å²) in [5.74, 6) is 0.462. The van der Waals surface area contributed by atoms with Crippen LogP contribution in [-0.4, -0.2) is 14.2 Å². The molecule has 0 amide bonds. The average molecular weight is 306 g/mol. The molecule has 0 saturated carbocycles. The molecule has 6 heteroatoms. The molecular weight excluding hydrogens is 296 g/mol. The Kier molecular flexibility index (Phi) is 3.82. The fourth-order valence-corrected chi connectivity index (χ4v) is 4.49. The lowest BCUT2D eigenvalue weighted by Gasteiger charge is -1.96. The van der Waals surface area contributed by atoms with Gasteiger partial charge in [0.15, 0.2) is 0 Å². The van der Waals surface area contributed by atoms with Crippen molar-refractivity contribution in [1.82, 2.24) is 9.97 Å². The molecule has 0 radical (unpaired) electrons. The molecule has 0 aliphatic rings. The number of aromatic nitrogens is 2. The van der Waals surface area contributed by atoms with E-state index in [9.17, 15) is 4.21 Å². The molecule has 0 fully saturated rings. The molecule has 3 rings (SSSR count). The molecule has 1 unspecified atom stereocenters. The van der Waals surface area contributed by atoms with Gasteiger partial charge in [-0.25, -0.2) is 4.98 Å². The van der Waals surface area contributed by atoms with Crippen molar-refractivity contribution in [2.75, 3.05) is 0 Å². The molecule has 3 aromatic rings. The largest absolute Gasteiger partial charge is 0.254 e. The minimum atomic E-state index is -1.00. The Morgan fingerprint density at radius 1 is 1.16 bits per heavy atom. The summed E-state index contributed by atoms with van der Waals surface area (Å²) < 4.78 is 13.0. The number of rotatable bonds is 4. The second-order valence-electron chi connectivity index (χ2n) is 3.78. The van der Waals surface area contributed by atoms with E-state index in [4.69, 9.17) is 0 Å². The first-order valence-corrected chi connectivity index (χ1v) is 8.68. The van der Waals surface area contributed by atoms with Crippen molar-refractivity contribution in [3.05, 3.63) is 53.0 Å². The molecule has 3 nitrogen and oxygen atoms in total. The molecule has 0 bridgehead atoms. The van der Waals surface area contributed by atoms with Gasteiger partial charge in [-0.2, -0.15) is 0 Å². The summed E-state index contributed by atoms with van der Waals surface area (Å²) in [6.45, 7) is 0. The van der Waals surface area contributed by atoms with E-state index in [0.29, 0.717) is 5.75 Å². The Hall–Kier alpha value is -1.37. The van der Waals surface area contributed by atoms with Crippen LogP contribution in [0.25, 0.3) is 10.7 Å². The summed E-state index contributed by atoms with van der Waals surface area (Å²) in [4.78, 5) is 8.76. The van der Waals surface area contributed by atoms with Crippen LogP contribution in [0.1, 0.15) is 5.69 Å². The van der Waals surface area contributed by atoms with Gasteiger partial charge in [0.1, 0.15) is 5.01 Å². The van der Waals surface area contributed by atoms with Gasteiger partial charge in [0.05, 0.1) is 32.1 Å². The van der Waals surface area contributed by atoms with Crippen molar-refractivity contribution >= 4 is 33.5 Å². The third-order valence-corrected chi connectivity index (χ3v) is 6.00. The fraction of sp³-hybridized carbons (Fsp3) is 0.0769. The van der Waals surface area contributed by atoms with Crippen molar-refractivity contribution in [1.29, 1.82) is 0 Å². The van der Waals surface area contributed by atoms with Gasteiger partial charge < -0.3 is 0 Å². The van der Waals surface area contributed by atoms with Crippen LogP contribution in [0, 0.1) is 0 Å². The van der Waals surface area contributed by atoms with Crippen molar-refractivity contribution in [3.8, 4) is 10.7 Å². The van der Waals surface area contributed by atoms with Gasteiger partial charge >= 0.3 is 0 Å². The first-order valence-electron chi connectivity index (χ1n) is 5.60. The van der Waals surface area contributed by atoms with Crippen molar-refractivity contribution in [2.45, 2.75) is 9.96 Å². The first kappa shape index (κ1) is 12.7. The second-order valence-corrected chi connectivity index (χ2v) is 7.26. The quantitative estimate of drug-likeness (QED) is 0.740. The highest BCUT2D eigenvalue weighted by Gasteiger charge is 2.10. The maximum atomic E-state index is 12.1. The van der Waals surface area contributed by atoms with E-state index >= 15 is 0 Å². The van der Waals surface area contributed by atoms with Crippen molar-refractivity contribution in [3.63, 3.8) is 0 Å². The number of hydrogen-bond acceptors (Lipinski definition) is 5. The molecule has 1 atom stereocenters. The highest BCUT2D eigenvalue weighted by atomic mass is 32.2. The van der Waals surface area contributed by atoms with Crippen LogP contribution in [0.2, 0.25) is 0 Å². The number of thiazole rings is 1. The van der Waals surface area contributed by atoms with Gasteiger partial charge in [-0.1, -0.05) is 12.1 Å². The normalized spacial score (nSPS) is 12.4. The van der Waals surface area contributed by atoms with Gasteiger partial charge in [0.2, 0.25) is 0 Å². The minimum Gasteiger partial charge on any atom is -0.254 e. The Morgan fingerprint density at radius 3 is 2.84 bits per heavy atom. The highest BCUT2D eigenvalue weighted by Crippen LogP contribution is 2.23. The van der Waals surface area contributed by atoms with Crippen molar-refractivity contribution < 1.29 is 4.21 Å². The van der Waals surface area contributed by atoms with E-state index in [0.717, 1.165) is 20.6 Å². The summed E-state index contributed by atoms with van der Waals surface area (Å²) in [5, 5.41) is 4.77. The topological polar surface area (TPSA) is 42.9 Å². The zero-order chi connectivity index (χ0) is 13.1. The summed E-state index contributed by atoms with van der Waals surface area (Å²) in [5.41, 5.74) is 1.72. The smallest absolute Gasteiger partial charge is 0.142 e. The van der Waals surface area contributed by atoms with Gasteiger partial charge in [0, 0.05) is 11.6 Å². The Balaban J connectivity index is 1.77. The van der Waals surface area contributed by atoms with E-state index in [1.165, 1.54) is 22.7 Å². The van der Waals surface area contributed by atoms with Gasteiger partial charge in [-0.3, -0.25) is 9.19 Å². The van der Waals surface area contributed by atoms with Crippen LogP contribution in [0.15, 0.2) is 51.5 Å². The summed E-state index contributed by atoms with van der Waals surface area (Å²) in [6, 6.07) is 9.56. The number of hydrogen-bond donors (Lipinski definition) is 0. The maximum absolute atomic E-state index is 12.1. The van der Waals surface area contributed by atoms with Crippen LogP contribution >= 0.6 is 22.7 Å². The monoisotopic (exact) mass is 306 g/mol. The molecule has 0 aromatic carbocycles. The first-order chi connectivity index (χ1) is 9.33. The lowest BCUT2D eigenvalue weighted by molar-refractivity contribution is 0.683. The van der Waals surface area contributed by atoms with Crippen LogP contribution in [0.4, 0.5) is 0 Å². The van der Waals surface area contributed by atoms with Gasteiger partial charge in [0.25, 0.3) is 0 Å². The molecule has 19 heavy (non-hydrogen) atoms. The molecule has 0 spiro atoms. The molecular formula is C13H10N2OS3. The number of nitrogens with zero attached hydrogens (tertiary/aromatic N) is 2. The standard InChI is InChI=1S/C13H10N2OS3/c16-19(12-5-3-7-17-12)9-10-8-18-13(15-10)11-4-1-2-6-14-11/h1-8H,9H2. The van der Waals surface area contributed by atoms with Crippen molar-refractivity contribution in [2.24, 2.45) is 0 Å². The Morgan fingerprint density at radius 2 is 2.11 bits per heavy atom. The molecule has 3 heterocycles. The van der Waals surface area contributed by atoms with E-state index < -0.39 is 10.8 Å². The van der Waals surface area contributed by atoms with E-state index in [2.05, 4.69) is 9.97 Å². The van der Waals surface area contributed by atoms with E-state index in [1.54, 1.807) is 6.20 Å². The maximum Gasteiger partial charge on any atom is 0.142 e. The summed E-state index contributed by atoms with van der Waals surface area (Å²) in [7, 11) is -1.00. The van der Waals surface area contributed by atoms with Crippen LogP contribution < -0.4 is 0 Å². The Labute approximate surface area is 121 Å². The lowest BCUT2D eigenvalue weighted by Crippen LogP contribution is -1.94. The fourth-order valence-electron chi connectivity index (χ4n) is 1.58. The Bertz CT molecular complexity index is 677. The van der Waals surface area contributed by atoms with Gasteiger partial charge in [-0.05, 0) is 23.6 Å². The van der Waals surface area contributed by atoms with Gasteiger partial charge in [-0.15, -0.1) is 22.7 Å². The van der Waals surface area contributed by atoms with E-state index in [-0.39, 0.29) is 0 Å². The third-order valence-electron chi connectivity index (χ3n) is 2.43. The predicted molar refractivity (Wildman–Crippen MR) is 79.8 cm³/mol. The number of pyridine rings is 1. The molecule has 3 aromatic heterocycles. The SMILES string of the molecule is O=S(Cc1csc(-c2ccccn2)n1)c1cccs1. The summed E-state index contributed by atoms with van der Waals surface area (Å²) >= 11 is 3.05. The zero-order valence-corrected chi connectivity index (χ0v) is 12.3. The highest BCUT2D eigenvalue weighted by molar-refractivity contribution is 7.86. The number of thiophene rings is 1.